The van der Waals surface area contributed by atoms with E-state index in [9.17, 15) is 8.42 Å². The molecule has 5 atom stereocenters. The van der Waals surface area contributed by atoms with Gasteiger partial charge in [-0.1, -0.05) is 12.5 Å². The van der Waals surface area contributed by atoms with Gasteiger partial charge in [-0.05, 0) is 71.1 Å². The molecule has 2 saturated carbocycles. The zero-order valence-corrected chi connectivity index (χ0v) is 33.5. The van der Waals surface area contributed by atoms with Crippen molar-refractivity contribution in [1.29, 1.82) is 0 Å². The van der Waals surface area contributed by atoms with E-state index in [-0.39, 0.29) is 25.4 Å². The molecule has 0 aromatic carbocycles. The van der Waals surface area contributed by atoms with Gasteiger partial charge >= 0.3 is 0 Å². The van der Waals surface area contributed by atoms with Crippen molar-refractivity contribution in [3.63, 3.8) is 0 Å². The largest absolute Gasteiger partial charge is 0.394 e. The maximum atomic E-state index is 11.2. The van der Waals surface area contributed by atoms with E-state index in [1.165, 1.54) is 12.8 Å². The van der Waals surface area contributed by atoms with Crippen molar-refractivity contribution in [2.45, 2.75) is 114 Å². The molecule has 1 saturated heterocycles. The molecule has 0 amide bonds. The summed E-state index contributed by atoms with van der Waals surface area (Å²) in [4.78, 5) is 0. The summed E-state index contributed by atoms with van der Waals surface area (Å²) in [5.41, 5.74) is 1.46. The Morgan fingerprint density at radius 1 is 0.940 bits per heavy atom. The van der Waals surface area contributed by atoms with Gasteiger partial charge in [-0.2, -0.15) is 0 Å². The lowest BCUT2D eigenvalue weighted by Crippen LogP contribution is -2.29. The fourth-order valence-corrected chi connectivity index (χ4v) is 5.60. The van der Waals surface area contributed by atoms with Gasteiger partial charge in [0.2, 0.25) is 9.05 Å². The Hall–Kier alpha value is -1.30. The van der Waals surface area contributed by atoms with Gasteiger partial charge < -0.3 is 48.8 Å². The van der Waals surface area contributed by atoms with Crippen molar-refractivity contribution < 1.29 is 57.3 Å². The maximum absolute atomic E-state index is 11.2. The second kappa shape index (κ2) is 31.2. The number of hydrogen-bond acceptors (Lipinski definition) is 12. The molecule has 12 nitrogen and oxygen atoms in total. The first-order valence-electron chi connectivity index (χ1n) is 16.5. The average Bonchev–Trinajstić information content (AvgIpc) is 3.94. The highest BCUT2D eigenvalue weighted by Gasteiger charge is 2.54. The van der Waals surface area contributed by atoms with Crippen LogP contribution in [0.2, 0.25) is 0 Å². The summed E-state index contributed by atoms with van der Waals surface area (Å²) in [7, 11) is 10.0. The quantitative estimate of drug-likeness (QED) is 0.0692. The summed E-state index contributed by atoms with van der Waals surface area (Å²) in [6.07, 6.45) is 10.4. The van der Waals surface area contributed by atoms with Crippen LogP contribution in [-0.4, -0.2) is 139 Å². The molecule has 0 aromatic heterocycles. The third-order valence-corrected chi connectivity index (χ3v) is 9.99. The van der Waals surface area contributed by atoms with Gasteiger partial charge in [-0.3, -0.25) is 0 Å². The van der Waals surface area contributed by atoms with E-state index in [4.69, 9.17) is 50.1 Å². The van der Waals surface area contributed by atoms with E-state index >= 15 is 0 Å². The number of methoxy groups -OCH3 is 5. The lowest BCUT2D eigenvalue weighted by Gasteiger charge is -2.19. The van der Waals surface area contributed by atoms with Gasteiger partial charge in [0.05, 0.1) is 68.8 Å². The lowest BCUT2D eigenvalue weighted by molar-refractivity contribution is 0.0126. The Labute approximate surface area is 307 Å². The minimum atomic E-state index is -3.48. The van der Waals surface area contributed by atoms with Crippen LogP contribution in [0.4, 0.5) is 0 Å². The van der Waals surface area contributed by atoms with Crippen LogP contribution in [0.25, 0.3) is 0 Å². The Morgan fingerprint density at radius 3 is 1.64 bits per heavy atom. The van der Waals surface area contributed by atoms with Crippen LogP contribution in [0.5, 0.6) is 0 Å². The standard InChI is InChI=1S/C9H18O2.C8H15ClO4S.C7H12O2.C6H12O2.C3H6O2.C3H4/c1-9(4-5-9)6-8(11-3)7-10-2;1-12-6-7(13-2)5-8(3-4-8)14(9,10)11;1-3-4-5-7(8)6-9-2;1-5(2)3-6(8)4-7;4-1-3-2-5-3;1-3-2/h8H,4-7H2,1-3H3;7H,3-6H2,1-2H3;7-8H,5-6H2,1-2H3;6-8H,1,3-4H2,2H3;3-4H,1-2H2;1H,2H3/t8-;2*7-;6-;3-;/m11110./s1. The first-order valence-corrected chi connectivity index (χ1v) is 18.9. The molecule has 1 aliphatic heterocycles. The summed E-state index contributed by atoms with van der Waals surface area (Å²) in [6.45, 7) is 13.4. The van der Waals surface area contributed by atoms with Crippen molar-refractivity contribution in [1.82, 2.24) is 0 Å². The Bertz CT molecular complexity index is 1040. The first kappa shape index (κ1) is 53.1. The van der Waals surface area contributed by atoms with Crippen LogP contribution in [0.3, 0.4) is 0 Å². The smallest absolute Gasteiger partial charge is 0.238 e. The van der Waals surface area contributed by atoms with Gasteiger partial charge in [-0.15, -0.1) is 30.8 Å². The molecular weight excluding hydrogens is 692 g/mol. The van der Waals surface area contributed by atoms with E-state index in [2.05, 4.69) is 47.2 Å². The molecule has 0 unspecified atom stereocenters. The number of terminal acetylenes is 1. The first-order chi connectivity index (χ1) is 23.5. The van der Waals surface area contributed by atoms with Gasteiger partial charge in [-0.25, -0.2) is 8.42 Å². The predicted octanol–water partition coefficient (Wildman–Crippen LogP) is 3.71. The number of epoxide rings is 1. The average molecular weight is 759 g/mol. The molecule has 3 fully saturated rings. The molecule has 0 radical (unpaired) electrons. The number of rotatable bonds is 18. The number of ether oxygens (including phenoxy) is 6. The van der Waals surface area contributed by atoms with Crippen LogP contribution in [0.1, 0.15) is 79.1 Å². The molecule has 2 aliphatic carbocycles. The number of aliphatic hydroxyl groups excluding tert-OH is 4. The van der Waals surface area contributed by atoms with Crippen molar-refractivity contribution in [2.24, 2.45) is 5.41 Å². The zero-order valence-electron chi connectivity index (χ0n) is 31.9. The fourth-order valence-electron chi connectivity index (χ4n) is 3.97. The zero-order chi connectivity index (χ0) is 39.2. The van der Waals surface area contributed by atoms with Crippen LogP contribution < -0.4 is 0 Å². The minimum absolute atomic E-state index is 0.174. The Balaban J connectivity index is -0.000000558. The van der Waals surface area contributed by atoms with Crippen LogP contribution in [-0.2, 0) is 37.5 Å². The van der Waals surface area contributed by atoms with Crippen molar-refractivity contribution in [3.8, 4) is 24.2 Å². The summed E-state index contributed by atoms with van der Waals surface area (Å²) < 4.78 is 51.4. The van der Waals surface area contributed by atoms with Gasteiger partial charge in [0.15, 0.2) is 0 Å². The molecule has 0 spiro atoms. The molecule has 0 aromatic rings. The van der Waals surface area contributed by atoms with Crippen molar-refractivity contribution in [2.75, 3.05) is 75.2 Å². The lowest BCUT2D eigenvalue weighted by atomic mass is 10.0. The second-order valence-electron chi connectivity index (χ2n) is 12.6. The minimum Gasteiger partial charge on any atom is -0.394 e. The SMILES string of the molecule is C#CC.C=C(C)C[C@@H](O)CO.CC#CC[C@@H](O)COC.COC[C@@H](CC1(C)CC1)OC.COC[C@@H](CC1(S(=O)(=O)Cl)CC1)OC.OC[C@H]1CO1. The van der Waals surface area contributed by atoms with Gasteiger partial charge in [0, 0.05) is 52.7 Å². The summed E-state index contributed by atoms with van der Waals surface area (Å²) in [5.74, 6) is 7.69. The van der Waals surface area contributed by atoms with Gasteiger partial charge in [0.1, 0.15) is 6.10 Å². The monoisotopic (exact) mass is 758 g/mol. The number of hydrogen-bond donors (Lipinski definition) is 4. The Morgan fingerprint density at radius 2 is 1.40 bits per heavy atom. The van der Waals surface area contributed by atoms with E-state index in [1.807, 2.05) is 6.92 Å². The van der Waals surface area contributed by atoms with Crippen LogP contribution in [0, 0.1) is 29.6 Å². The molecule has 0 bridgehead atoms. The van der Waals surface area contributed by atoms with Gasteiger partial charge in [0.25, 0.3) is 0 Å². The van der Waals surface area contributed by atoms with E-state index in [0.717, 1.165) is 25.2 Å². The molecule has 50 heavy (non-hydrogen) atoms. The number of aliphatic hydroxyl groups is 4. The molecule has 3 rings (SSSR count). The van der Waals surface area contributed by atoms with E-state index in [0.29, 0.717) is 56.8 Å². The molecule has 3 aliphatic rings. The maximum Gasteiger partial charge on any atom is 0.238 e. The Kier molecular flexibility index (Phi) is 33.2. The summed E-state index contributed by atoms with van der Waals surface area (Å²) in [6, 6.07) is 0. The van der Waals surface area contributed by atoms with Crippen LogP contribution in [0.15, 0.2) is 12.2 Å². The predicted molar refractivity (Wildman–Crippen MR) is 198 cm³/mol. The molecule has 1 heterocycles. The molecule has 14 heteroatoms. The highest BCUT2D eigenvalue weighted by molar-refractivity contribution is 8.15. The fraction of sp³-hybridized carbons (Fsp3) is 0.833. The summed E-state index contributed by atoms with van der Waals surface area (Å²) in [5, 5.41) is 34.0. The second-order valence-corrected chi connectivity index (χ2v) is 15.6. The van der Waals surface area contributed by atoms with Crippen molar-refractivity contribution in [3.05, 3.63) is 12.2 Å². The highest BCUT2D eigenvalue weighted by Crippen LogP contribution is 2.50. The molecular formula is C36H67ClO12S. The third-order valence-electron chi connectivity index (χ3n) is 7.39. The van der Waals surface area contributed by atoms with E-state index in [1.54, 1.807) is 49.4 Å². The van der Waals surface area contributed by atoms with Crippen molar-refractivity contribution >= 4 is 19.7 Å². The molecule has 296 valence electrons. The topological polar surface area (TPSA) is 174 Å². The van der Waals surface area contributed by atoms with Crippen LogP contribution >= 0.6 is 10.7 Å². The number of halogens is 1. The highest BCUT2D eigenvalue weighted by atomic mass is 35.7. The van der Waals surface area contributed by atoms with E-state index < -0.39 is 26.0 Å². The molecule has 4 N–H and O–H groups in total. The third kappa shape index (κ3) is 31.4. The summed E-state index contributed by atoms with van der Waals surface area (Å²) >= 11 is 0. The normalized spacial score (nSPS) is 19.1.